The fraction of sp³-hybridized carbons (Fsp3) is 0.417. The summed E-state index contributed by atoms with van der Waals surface area (Å²) in [4.78, 5) is 5.63. The van der Waals surface area contributed by atoms with Crippen LogP contribution in [-0.2, 0) is 6.42 Å². The maximum Gasteiger partial charge on any atom is 0.0798 e. The van der Waals surface area contributed by atoms with E-state index in [-0.39, 0.29) is 0 Å². The predicted octanol–water partition coefficient (Wildman–Crippen LogP) is 3.41. The summed E-state index contributed by atoms with van der Waals surface area (Å²) in [6.45, 7) is 5.30. The third-order valence-corrected chi connectivity index (χ3v) is 4.47. The topological polar surface area (TPSA) is 24.9 Å². The molecule has 0 saturated heterocycles. The number of hydrogen-bond acceptors (Lipinski definition) is 4. The van der Waals surface area contributed by atoms with Gasteiger partial charge in [-0.2, -0.15) is 11.3 Å². The van der Waals surface area contributed by atoms with Gasteiger partial charge in [-0.3, -0.25) is 0 Å². The van der Waals surface area contributed by atoms with E-state index in [4.69, 9.17) is 0 Å². The molecule has 0 saturated carbocycles. The minimum Gasteiger partial charge on any atom is -0.309 e. The van der Waals surface area contributed by atoms with Crippen LogP contribution in [0.4, 0.5) is 0 Å². The number of nitrogens with zero attached hydrogens (tertiary/aromatic N) is 1. The SMILES string of the molecule is Cc1ncsc1C(C)NCCc1ccsc1. The van der Waals surface area contributed by atoms with Gasteiger partial charge in [0.2, 0.25) is 0 Å². The molecule has 86 valence electrons. The third kappa shape index (κ3) is 2.90. The van der Waals surface area contributed by atoms with Crippen LogP contribution < -0.4 is 5.32 Å². The fourth-order valence-electron chi connectivity index (χ4n) is 1.69. The monoisotopic (exact) mass is 252 g/mol. The molecule has 4 heteroatoms. The van der Waals surface area contributed by atoms with Gasteiger partial charge in [-0.05, 0) is 49.2 Å². The molecule has 0 fully saturated rings. The number of aryl methyl sites for hydroxylation is 1. The van der Waals surface area contributed by atoms with E-state index in [1.54, 1.807) is 22.7 Å². The number of nitrogens with one attached hydrogen (secondary N) is 1. The zero-order valence-corrected chi connectivity index (χ0v) is 11.2. The normalized spacial score (nSPS) is 12.9. The van der Waals surface area contributed by atoms with Crippen molar-refractivity contribution < 1.29 is 0 Å². The van der Waals surface area contributed by atoms with Crippen molar-refractivity contribution in [1.29, 1.82) is 0 Å². The molecule has 2 aromatic heterocycles. The van der Waals surface area contributed by atoms with Crippen molar-refractivity contribution in [2.24, 2.45) is 0 Å². The standard InChI is InChI=1S/C12H16N2S2/c1-9(12-10(2)14-8-16-12)13-5-3-11-4-6-15-7-11/h4,6-9,13H,3,5H2,1-2H3. The lowest BCUT2D eigenvalue weighted by molar-refractivity contribution is 0.582. The molecule has 0 amide bonds. The smallest absolute Gasteiger partial charge is 0.0798 e. The number of thiophene rings is 1. The predicted molar refractivity (Wildman–Crippen MR) is 71.3 cm³/mol. The van der Waals surface area contributed by atoms with Gasteiger partial charge < -0.3 is 5.32 Å². The van der Waals surface area contributed by atoms with Crippen molar-refractivity contribution in [3.8, 4) is 0 Å². The van der Waals surface area contributed by atoms with E-state index in [0.29, 0.717) is 6.04 Å². The first-order valence-corrected chi connectivity index (χ1v) is 7.24. The molecule has 0 aliphatic carbocycles. The number of aromatic nitrogens is 1. The van der Waals surface area contributed by atoms with Crippen LogP contribution in [0.2, 0.25) is 0 Å². The average Bonchev–Trinajstić information content (AvgIpc) is 2.88. The Hall–Kier alpha value is -0.710. The summed E-state index contributed by atoms with van der Waals surface area (Å²) in [5.41, 5.74) is 4.49. The highest BCUT2D eigenvalue weighted by molar-refractivity contribution is 7.09. The second kappa shape index (κ2) is 5.57. The van der Waals surface area contributed by atoms with Crippen molar-refractivity contribution in [2.75, 3.05) is 6.54 Å². The van der Waals surface area contributed by atoms with Crippen molar-refractivity contribution >= 4 is 22.7 Å². The largest absolute Gasteiger partial charge is 0.309 e. The highest BCUT2D eigenvalue weighted by Crippen LogP contribution is 2.20. The minimum absolute atomic E-state index is 0.408. The molecule has 2 aromatic rings. The second-order valence-electron chi connectivity index (χ2n) is 3.86. The molecular weight excluding hydrogens is 236 g/mol. The highest BCUT2D eigenvalue weighted by Gasteiger charge is 2.09. The Morgan fingerprint density at radius 2 is 2.38 bits per heavy atom. The molecule has 2 nitrogen and oxygen atoms in total. The molecule has 0 bridgehead atoms. The maximum absolute atomic E-state index is 4.28. The molecule has 16 heavy (non-hydrogen) atoms. The van der Waals surface area contributed by atoms with Gasteiger partial charge in [0.05, 0.1) is 11.2 Å². The Labute approximate surface area is 104 Å². The van der Waals surface area contributed by atoms with E-state index in [1.165, 1.54) is 10.4 Å². The van der Waals surface area contributed by atoms with Crippen LogP contribution in [0, 0.1) is 6.92 Å². The zero-order valence-electron chi connectivity index (χ0n) is 9.56. The quantitative estimate of drug-likeness (QED) is 0.882. The van der Waals surface area contributed by atoms with E-state index >= 15 is 0 Å². The molecule has 0 aliphatic heterocycles. The van der Waals surface area contributed by atoms with Crippen molar-refractivity contribution in [3.05, 3.63) is 38.5 Å². The van der Waals surface area contributed by atoms with Gasteiger partial charge >= 0.3 is 0 Å². The second-order valence-corrected chi connectivity index (χ2v) is 5.53. The molecule has 0 radical (unpaired) electrons. The highest BCUT2D eigenvalue weighted by atomic mass is 32.1. The summed E-state index contributed by atoms with van der Waals surface area (Å²) < 4.78 is 0. The van der Waals surface area contributed by atoms with Crippen LogP contribution in [0.3, 0.4) is 0 Å². The van der Waals surface area contributed by atoms with Crippen molar-refractivity contribution in [3.63, 3.8) is 0 Å². The summed E-state index contributed by atoms with van der Waals surface area (Å²) in [7, 11) is 0. The Bertz CT molecular complexity index is 420. The molecule has 2 heterocycles. The van der Waals surface area contributed by atoms with Gasteiger partial charge in [0, 0.05) is 10.9 Å². The first-order valence-electron chi connectivity index (χ1n) is 5.42. The minimum atomic E-state index is 0.408. The van der Waals surface area contributed by atoms with Crippen LogP contribution in [0.1, 0.15) is 29.1 Å². The third-order valence-electron chi connectivity index (χ3n) is 2.62. The van der Waals surface area contributed by atoms with Crippen LogP contribution in [0.5, 0.6) is 0 Å². The van der Waals surface area contributed by atoms with Gasteiger partial charge in [-0.25, -0.2) is 4.98 Å². The molecule has 1 atom stereocenters. The lowest BCUT2D eigenvalue weighted by Crippen LogP contribution is -2.21. The van der Waals surface area contributed by atoms with Crippen LogP contribution >= 0.6 is 22.7 Å². The molecule has 0 aliphatic rings. The van der Waals surface area contributed by atoms with Crippen LogP contribution in [0.25, 0.3) is 0 Å². The van der Waals surface area contributed by atoms with Crippen molar-refractivity contribution in [2.45, 2.75) is 26.3 Å². The van der Waals surface area contributed by atoms with E-state index in [1.807, 2.05) is 5.51 Å². The molecule has 0 aromatic carbocycles. The molecule has 0 spiro atoms. The van der Waals surface area contributed by atoms with Gasteiger partial charge in [0.15, 0.2) is 0 Å². The Morgan fingerprint density at radius 1 is 1.50 bits per heavy atom. The molecule has 1 N–H and O–H groups in total. The summed E-state index contributed by atoms with van der Waals surface area (Å²) in [6, 6.07) is 2.60. The van der Waals surface area contributed by atoms with Gasteiger partial charge in [0.1, 0.15) is 0 Å². The first-order chi connectivity index (χ1) is 7.77. The average molecular weight is 252 g/mol. The summed E-state index contributed by atoms with van der Waals surface area (Å²) >= 11 is 3.50. The van der Waals surface area contributed by atoms with Crippen LogP contribution in [0.15, 0.2) is 22.3 Å². The lowest BCUT2D eigenvalue weighted by Gasteiger charge is -2.12. The maximum atomic E-state index is 4.28. The van der Waals surface area contributed by atoms with Crippen molar-refractivity contribution in [1.82, 2.24) is 10.3 Å². The Morgan fingerprint density at radius 3 is 3.00 bits per heavy atom. The summed E-state index contributed by atoms with van der Waals surface area (Å²) in [5, 5.41) is 7.88. The number of rotatable bonds is 5. The molecule has 1 unspecified atom stereocenters. The van der Waals surface area contributed by atoms with Gasteiger partial charge in [-0.15, -0.1) is 11.3 Å². The Balaban J connectivity index is 1.80. The zero-order chi connectivity index (χ0) is 11.4. The number of thiazole rings is 1. The first kappa shape index (κ1) is 11.8. The lowest BCUT2D eigenvalue weighted by atomic mass is 10.2. The van der Waals surface area contributed by atoms with E-state index in [0.717, 1.165) is 18.7 Å². The summed E-state index contributed by atoms with van der Waals surface area (Å²) in [6.07, 6.45) is 1.10. The van der Waals surface area contributed by atoms with Gasteiger partial charge in [-0.1, -0.05) is 0 Å². The fourth-order valence-corrected chi connectivity index (χ4v) is 3.23. The molecule has 2 rings (SSSR count). The van der Waals surface area contributed by atoms with E-state index in [9.17, 15) is 0 Å². The van der Waals surface area contributed by atoms with E-state index < -0.39 is 0 Å². The van der Waals surface area contributed by atoms with Gasteiger partial charge in [0.25, 0.3) is 0 Å². The summed E-state index contributed by atoms with van der Waals surface area (Å²) in [5.74, 6) is 0. The van der Waals surface area contributed by atoms with Crippen LogP contribution in [-0.4, -0.2) is 11.5 Å². The Kier molecular flexibility index (Phi) is 4.09. The van der Waals surface area contributed by atoms with E-state index in [2.05, 4.69) is 41.0 Å². The molecular formula is C12H16N2S2. The number of hydrogen-bond donors (Lipinski definition) is 1.